The van der Waals surface area contributed by atoms with Gasteiger partial charge in [-0.15, -0.1) is 0 Å². The van der Waals surface area contributed by atoms with Crippen LogP contribution in [0.5, 0.6) is 0 Å². The van der Waals surface area contributed by atoms with Crippen molar-refractivity contribution in [3.8, 4) is 0 Å². The minimum Gasteiger partial charge on any atom is -0.264 e. The molecule has 0 amide bonds. The van der Waals surface area contributed by atoms with Gasteiger partial charge in [-0.3, -0.25) is 10.1 Å². The molecule has 0 radical (unpaired) electrons. The second-order valence-corrected chi connectivity index (χ2v) is 10.1. The van der Waals surface area contributed by atoms with Crippen LogP contribution in [0.25, 0.3) is 0 Å². The molecule has 0 saturated carbocycles. The average Bonchev–Trinajstić information content (AvgIpc) is 2.60. The predicted molar refractivity (Wildman–Crippen MR) is 92.1 cm³/mol. The molecule has 0 unspecified atom stereocenters. The lowest BCUT2D eigenvalue weighted by molar-refractivity contribution is -0.518. The zero-order valence-electron chi connectivity index (χ0n) is 13.3. The van der Waals surface area contributed by atoms with Gasteiger partial charge in [0.25, 0.3) is 0 Å². The van der Waals surface area contributed by atoms with Crippen LogP contribution in [0.3, 0.4) is 0 Å². The highest BCUT2D eigenvalue weighted by atomic mass is 32.3. The maximum absolute atomic E-state index is 12.9. The number of nitrogens with zero attached hydrogens (tertiary/aromatic N) is 1. The summed E-state index contributed by atoms with van der Waals surface area (Å²) in [6, 6.07) is 12.8. The Balaban J connectivity index is 2.60. The lowest BCUT2D eigenvalue weighted by Crippen LogP contribution is -2.35. The van der Waals surface area contributed by atoms with Crippen LogP contribution in [-0.2, 0) is 19.7 Å². The molecule has 0 aliphatic heterocycles. The second kappa shape index (κ2) is 7.32. The van der Waals surface area contributed by atoms with Gasteiger partial charge in [0.2, 0.25) is 6.04 Å². The summed E-state index contributed by atoms with van der Waals surface area (Å²) in [4.78, 5) is 9.92. The summed E-state index contributed by atoms with van der Waals surface area (Å²) in [6.07, 6.45) is -0.637. The Hall–Kier alpha value is -2.26. The molecule has 134 valence electrons. The fourth-order valence-corrected chi connectivity index (χ4v) is 7.05. The summed E-state index contributed by atoms with van der Waals surface area (Å²) in [5.74, 6) is 0. The molecule has 0 aliphatic carbocycles. The third-order valence-electron chi connectivity index (χ3n) is 3.73. The largest absolute Gasteiger partial charge is 0.264 e. The van der Waals surface area contributed by atoms with Crippen molar-refractivity contribution in [1.29, 1.82) is 0 Å². The van der Waals surface area contributed by atoms with Crippen LogP contribution in [0.4, 0.5) is 0 Å². The molecule has 0 N–H and O–H groups in total. The Morgan fingerprint density at radius 1 is 0.840 bits per heavy atom. The normalized spacial score (nSPS) is 13.5. The van der Waals surface area contributed by atoms with Gasteiger partial charge in [0, 0.05) is 18.3 Å². The molecule has 9 heteroatoms. The highest BCUT2D eigenvalue weighted by Gasteiger charge is 2.42. The fourth-order valence-electron chi connectivity index (χ4n) is 2.31. The number of sulfone groups is 2. The quantitative estimate of drug-likeness (QED) is 0.536. The van der Waals surface area contributed by atoms with Gasteiger partial charge >= 0.3 is 0 Å². The van der Waals surface area contributed by atoms with E-state index in [1.54, 1.807) is 12.1 Å². The molecular weight excluding hydrogens is 366 g/mol. The van der Waals surface area contributed by atoms with E-state index in [0.29, 0.717) is 0 Å². The lowest BCUT2D eigenvalue weighted by atomic mass is 10.3. The van der Waals surface area contributed by atoms with Crippen LogP contribution in [0.2, 0.25) is 0 Å². The Kier molecular flexibility index (Phi) is 5.58. The van der Waals surface area contributed by atoms with Crippen molar-refractivity contribution in [2.75, 3.05) is 0 Å². The Labute approximate surface area is 146 Å². The van der Waals surface area contributed by atoms with Crippen molar-refractivity contribution < 1.29 is 21.8 Å². The van der Waals surface area contributed by atoms with Crippen molar-refractivity contribution in [1.82, 2.24) is 0 Å². The number of hydrogen-bond acceptors (Lipinski definition) is 6. The van der Waals surface area contributed by atoms with Gasteiger partial charge in [-0.1, -0.05) is 36.4 Å². The van der Waals surface area contributed by atoms with Crippen molar-refractivity contribution >= 4 is 19.7 Å². The molecule has 2 aromatic rings. The molecule has 2 aromatic carbocycles. The number of hydrogen-bond donors (Lipinski definition) is 0. The smallest absolute Gasteiger partial charge is 0.212 e. The van der Waals surface area contributed by atoms with Crippen LogP contribution >= 0.6 is 0 Å². The topological polar surface area (TPSA) is 111 Å². The number of rotatable bonds is 7. The van der Waals surface area contributed by atoms with Gasteiger partial charge in [0.05, 0.1) is 9.79 Å². The van der Waals surface area contributed by atoms with Gasteiger partial charge in [-0.25, -0.2) is 16.8 Å². The summed E-state index contributed by atoms with van der Waals surface area (Å²) < 4.78 is 49.7. The Bertz CT molecular complexity index is 871. The zero-order valence-corrected chi connectivity index (χ0v) is 15.0. The van der Waals surface area contributed by atoms with Crippen molar-refractivity contribution in [3.63, 3.8) is 0 Å². The molecule has 0 saturated heterocycles. The first kappa shape index (κ1) is 19.1. The average molecular weight is 383 g/mol. The molecule has 0 heterocycles. The highest BCUT2D eigenvalue weighted by Crippen LogP contribution is 2.29. The van der Waals surface area contributed by atoms with E-state index in [2.05, 4.69) is 0 Å². The van der Waals surface area contributed by atoms with Crippen LogP contribution < -0.4 is 0 Å². The zero-order chi connectivity index (χ0) is 18.7. The summed E-state index contributed by atoms with van der Waals surface area (Å²) in [5, 5.41) is 11.0. The van der Waals surface area contributed by atoms with Crippen LogP contribution in [0, 0.1) is 10.1 Å². The summed E-state index contributed by atoms with van der Waals surface area (Å²) in [7, 11) is -8.66. The van der Waals surface area contributed by atoms with E-state index in [9.17, 15) is 26.9 Å². The molecule has 2 rings (SSSR count). The van der Waals surface area contributed by atoms with E-state index in [1.165, 1.54) is 55.5 Å². The van der Waals surface area contributed by atoms with Gasteiger partial charge in [0.1, 0.15) is 0 Å². The van der Waals surface area contributed by atoms with E-state index in [1.807, 2.05) is 0 Å². The molecular formula is C16H17NO6S2. The van der Waals surface area contributed by atoms with E-state index in [0.717, 1.165) is 0 Å². The van der Waals surface area contributed by atoms with E-state index >= 15 is 0 Å². The summed E-state index contributed by atoms with van der Waals surface area (Å²) >= 11 is 0. The van der Waals surface area contributed by atoms with E-state index in [-0.39, 0.29) is 9.79 Å². The summed E-state index contributed by atoms with van der Waals surface area (Å²) in [6.45, 7) is 1.19. The standard InChI is InChI=1S/C16H17NO6S2/c1-13(17(18)19)12-16(24(20,21)14-8-4-2-5-9-14)25(22,23)15-10-6-3-7-11-15/h2-11,13,16H,12H2,1H3/t13-/m1/s1. The van der Waals surface area contributed by atoms with Gasteiger partial charge in [-0.05, 0) is 24.3 Å². The van der Waals surface area contributed by atoms with Crippen molar-refractivity contribution in [2.24, 2.45) is 0 Å². The van der Waals surface area contributed by atoms with Crippen LogP contribution in [-0.4, -0.2) is 32.4 Å². The molecule has 0 aliphatic rings. The monoisotopic (exact) mass is 383 g/mol. The Morgan fingerprint density at radius 3 is 1.52 bits per heavy atom. The first-order valence-electron chi connectivity index (χ1n) is 7.38. The number of nitro groups is 1. The van der Waals surface area contributed by atoms with Crippen LogP contribution in [0.1, 0.15) is 13.3 Å². The minimum absolute atomic E-state index is 0.185. The van der Waals surface area contributed by atoms with Crippen molar-refractivity contribution in [3.05, 3.63) is 70.8 Å². The Morgan fingerprint density at radius 2 is 1.20 bits per heavy atom. The molecule has 1 atom stereocenters. The third-order valence-corrected chi connectivity index (χ3v) is 8.88. The molecule has 0 fully saturated rings. The minimum atomic E-state index is -4.33. The van der Waals surface area contributed by atoms with E-state index < -0.39 is 41.6 Å². The SMILES string of the molecule is C[C@H](CC(S(=O)(=O)c1ccccc1)S(=O)(=O)c1ccccc1)[N+](=O)[O-]. The van der Waals surface area contributed by atoms with Crippen molar-refractivity contribution in [2.45, 2.75) is 33.8 Å². The summed E-state index contributed by atoms with van der Waals surface area (Å²) in [5.41, 5.74) is 0. The fraction of sp³-hybridized carbons (Fsp3) is 0.250. The highest BCUT2D eigenvalue weighted by molar-refractivity contribution is 8.09. The van der Waals surface area contributed by atoms with Crippen LogP contribution in [0.15, 0.2) is 70.5 Å². The first-order valence-corrected chi connectivity index (χ1v) is 10.5. The molecule has 0 spiro atoms. The van der Waals surface area contributed by atoms with Gasteiger partial charge in [0.15, 0.2) is 24.3 Å². The predicted octanol–water partition coefficient (Wildman–Crippen LogP) is 2.32. The lowest BCUT2D eigenvalue weighted by Gasteiger charge is -2.19. The van der Waals surface area contributed by atoms with Gasteiger partial charge in [-0.2, -0.15) is 0 Å². The molecule has 0 bridgehead atoms. The molecule has 25 heavy (non-hydrogen) atoms. The maximum atomic E-state index is 12.9. The third kappa shape index (κ3) is 4.05. The van der Waals surface area contributed by atoms with Gasteiger partial charge < -0.3 is 0 Å². The molecule has 0 aromatic heterocycles. The molecule has 7 nitrogen and oxygen atoms in total. The maximum Gasteiger partial charge on any atom is 0.212 e. The van der Waals surface area contributed by atoms with E-state index in [4.69, 9.17) is 0 Å². The second-order valence-electron chi connectivity index (χ2n) is 5.52. The number of benzene rings is 2. The first-order chi connectivity index (χ1) is 11.7.